The molecule has 0 unspecified atom stereocenters. The lowest BCUT2D eigenvalue weighted by atomic mass is 9.96. The van der Waals surface area contributed by atoms with Gasteiger partial charge in [-0.25, -0.2) is 4.79 Å². The van der Waals surface area contributed by atoms with E-state index >= 15 is 0 Å². The van der Waals surface area contributed by atoms with E-state index in [4.69, 9.17) is 14.2 Å². The molecule has 0 heterocycles. The first-order valence-electron chi connectivity index (χ1n) is 11.4. The molecule has 0 radical (unpaired) electrons. The average molecular weight is 445 g/mol. The molecule has 0 aliphatic carbocycles. The summed E-state index contributed by atoms with van der Waals surface area (Å²) in [6.45, 7) is 10.5. The molecule has 0 saturated carbocycles. The number of esters is 1. The van der Waals surface area contributed by atoms with E-state index in [1.807, 2.05) is 49.4 Å². The quantitative estimate of drug-likeness (QED) is 0.251. The minimum absolute atomic E-state index is 0.283. The molecule has 4 heteroatoms. The van der Waals surface area contributed by atoms with Gasteiger partial charge in [0.15, 0.2) is 6.10 Å². The molecule has 33 heavy (non-hydrogen) atoms. The fourth-order valence-electron chi connectivity index (χ4n) is 3.71. The topological polar surface area (TPSA) is 44.8 Å². The molecular weight excluding hydrogens is 412 g/mol. The SMILES string of the molecule is C=C[C@H](Oc1ccc(C[C@H](OCC)C(=O)OCC)cc1)c1ccc(C)c(-c2ccccc2)c1. The molecule has 0 aromatic heterocycles. The van der Waals surface area contributed by atoms with Gasteiger partial charge >= 0.3 is 5.97 Å². The maximum atomic E-state index is 12.1. The van der Waals surface area contributed by atoms with Gasteiger partial charge in [0.1, 0.15) is 11.9 Å². The van der Waals surface area contributed by atoms with E-state index < -0.39 is 6.10 Å². The lowest BCUT2D eigenvalue weighted by molar-refractivity contribution is -0.156. The second-order valence-electron chi connectivity index (χ2n) is 7.76. The van der Waals surface area contributed by atoms with Gasteiger partial charge in [-0.05, 0) is 72.9 Å². The number of ether oxygens (including phenoxy) is 3. The maximum absolute atomic E-state index is 12.1. The van der Waals surface area contributed by atoms with Crippen LogP contribution < -0.4 is 4.74 Å². The predicted octanol–water partition coefficient (Wildman–Crippen LogP) is 6.48. The molecular formula is C29H32O4. The van der Waals surface area contributed by atoms with Crippen molar-refractivity contribution in [2.24, 2.45) is 0 Å². The van der Waals surface area contributed by atoms with E-state index in [1.54, 1.807) is 13.0 Å². The number of aryl methyl sites for hydroxylation is 1. The number of carbonyl (C=O) groups excluding carboxylic acids is 1. The normalized spacial score (nSPS) is 12.6. The van der Waals surface area contributed by atoms with Crippen LogP contribution in [0.3, 0.4) is 0 Å². The summed E-state index contributed by atoms with van der Waals surface area (Å²) in [6.07, 6.45) is 1.37. The summed E-state index contributed by atoms with van der Waals surface area (Å²) >= 11 is 0. The van der Waals surface area contributed by atoms with Crippen LogP contribution in [-0.4, -0.2) is 25.3 Å². The van der Waals surface area contributed by atoms with Crippen molar-refractivity contribution >= 4 is 5.97 Å². The van der Waals surface area contributed by atoms with Crippen LogP contribution in [-0.2, 0) is 20.7 Å². The zero-order valence-corrected chi connectivity index (χ0v) is 19.6. The Bertz CT molecular complexity index is 1040. The van der Waals surface area contributed by atoms with Crippen molar-refractivity contribution in [3.05, 3.63) is 102 Å². The maximum Gasteiger partial charge on any atom is 0.335 e. The second kappa shape index (κ2) is 12.0. The highest BCUT2D eigenvalue weighted by Crippen LogP contribution is 2.30. The lowest BCUT2D eigenvalue weighted by Crippen LogP contribution is -2.28. The highest BCUT2D eigenvalue weighted by atomic mass is 16.6. The Labute approximate surface area is 196 Å². The monoisotopic (exact) mass is 444 g/mol. The van der Waals surface area contributed by atoms with Crippen molar-refractivity contribution < 1.29 is 19.0 Å². The minimum atomic E-state index is -0.605. The van der Waals surface area contributed by atoms with Crippen LogP contribution in [0.25, 0.3) is 11.1 Å². The smallest absolute Gasteiger partial charge is 0.335 e. The number of rotatable bonds is 11. The van der Waals surface area contributed by atoms with Crippen LogP contribution in [0.5, 0.6) is 5.75 Å². The molecule has 0 amide bonds. The highest BCUT2D eigenvalue weighted by molar-refractivity contribution is 5.75. The molecule has 172 valence electrons. The average Bonchev–Trinajstić information content (AvgIpc) is 2.84. The van der Waals surface area contributed by atoms with Gasteiger partial charge in [0.05, 0.1) is 6.61 Å². The summed E-state index contributed by atoms with van der Waals surface area (Å²) in [5, 5.41) is 0. The molecule has 3 rings (SSSR count). The fraction of sp³-hybridized carbons (Fsp3) is 0.276. The van der Waals surface area contributed by atoms with Crippen LogP contribution in [0.2, 0.25) is 0 Å². The van der Waals surface area contributed by atoms with Crippen molar-refractivity contribution in [2.45, 2.75) is 39.4 Å². The summed E-state index contributed by atoms with van der Waals surface area (Å²) in [7, 11) is 0. The minimum Gasteiger partial charge on any atom is -0.482 e. The van der Waals surface area contributed by atoms with Crippen molar-refractivity contribution in [1.82, 2.24) is 0 Å². The van der Waals surface area contributed by atoms with Gasteiger partial charge in [-0.15, -0.1) is 0 Å². The van der Waals surface area contributed by atoms with Gasteiger partial charge in [-0.3, -0.25) is 0 Å². The second-order valence-corrected chi connectivity index (χ2v) is 7.76. The Balaban J connectivity index is 1.73. The summed E-state index contributed by atoms with van der Waals surface area (Å²) < 4.78 is 16.9. The first kappa shape index (κ1) is 24.3. The van der Waals surface area contributed by atoms with E-state index in [-0.39, 0.29) is 12.1 Å². The van der Waals surface area contributed by atoms with E-state index in [2.05, 4.69) is 43.8 Å². The third-order valence-electron chi connectivity index (χ3n) is 5.41. The van der Waals surface area contributed by atoms with Crippen LogP contribution in [0.15, 0.2) is 85.5 Å². The first-order valence-corrected chi connectivity index (χ1v) is 11.4. The van der Waals surface area contributed by atoms with E-state index in [9.17, 15) is 4.79 Å². The molecule has 2 atom stereocenters. The van der Waals surface area contributed by atoms with Crippen molar-refractivity contribution in [3.8, 4) is 16.9 Å². The number of benzene rings is 3. The zero-order valence-electron chi connectivity index (χ0n) is 19.6. The van der Waals surface area contributed by atoms with E-state index in [0.29, 0.717) is 19.6 Å². The molecule has 0 aliphatic heterocycles. The highest BCUT2D eigenvalue weighted by Gasteiger charge is 2.20. The third-order valence-corrected chi connectivity index (χ3v) is 5.41. The van der Waals surface area contributed by atoms with Crippen LogP contribution in [0.1, 0.15) is 36.6 Å². The molecule has 0 spiro atoms. The van der Waals surface area contributed by atoms with E-state index in [0.717, 1.165) is 16.9 Å². The van der Waals surface area contributed by atoms with Gasteiger partial charge in [0, 0.05) is 13.0 Å². The van der Waals surface area contributed by atoms with Gasteiger partial charge in [-0.1, -0.05) is 61.2 Å². The molecule has 0 N–H and O–H groups in total. The zero-order chi connectivity index (χ0) is 23.6. The Morgan fingerprint density at radius 1 is 0.970 bits per heavy atom. The summed E-state index contributed by atoms with van der Waals surface area (Å²) in [4.78, 5) is 12.1. The van der Waals surface area contributed by atoms with Gasteiger partial charge in [0.2, 0.25) is 0 Å². The van der Waals surface area contributed by atoms with Crippen molar-refractivity contribution in [1.29, 1.82) is 0 Å². The molecule has 0 aliphatic rings. The van der Waals surface area contributed by atoms with Crippen molar-refractivity contribution in [3.63, 3.8) is 0 Å². The number of hydrogen-bond acceptors (Lipinski definition) is 4. The molecule has 0 fully saturated rings. The lowest BCUT2D eigenvalue weighted by Gasteiger charge is -2.19. The summed E-state index contributed by atoms with van der Waals surface area (Å²) in [5.74, 6) is 0.398. The number of carbonyl (C=O) groups is 1. The van der Waals surface area contributed by atoms with Gasteiger partial charge in [-0.2, -0.15) is 0 Å². The summed E-state index contributed by atoms with van der Waals surface area (Å²) in [5.41, 5.74) is 5.58. The molecule has 4 nitrogen and oxygen atoms in total. The largest absolute Gasteiger partial charge is 0.482 e. The van der Waals surface area contributed by atoms with Gasteiger partial charge in [0.25, 0.3) is 0 Å². The third kappa shape index (κ3) is 6.56. The van der Waals surface area contributed by atoms with Gasteiger partial charge < -0.3 is 14.2 Å². The molecule has 3 aromatic rings. The van der Waals surface area contributed by atoms with Crippen LogP contribution in [0.4, 0.5) is 0 Å². The Morgan fingerprint density at radius 2 is 1.70 bits per heavy atom. The standard InChI is InChI=1S/C29H32O4/c1-5-27(24-16-13-21(4)26(20-24)23-11-9-8-10-12-23)33-25-17-14-22(15-18-25)19-28(31-6-2)29(30)32-7-3/h5,8-18,20,27-28H,1,6-7,19H2,2-4H3/t27-,28-/m0/s1. The summed E-state index contributed by atoms with van der Waals surface area (Å²) in [6, 6.07) is 24.4. The van der Waals surface area contributed by atoms with Crippen LogP contribution in [0, 0.1) is 6.92 Å². The Hall–Kier alpha value is -3.37. The fourth-order valence-corrected chi connectivity index (χ4v) is 3.71. The number of hydrogen-bond donors (Lipinski definition) is 0. The van der Waals surface area contributed by atoms with E-state index in [1.165, 1.54) is 16.7 Å². The first-order chi connectivity index (χ1) is 16.0. The molecule has 3 aromatic carbocycles. The molecule has 0 saturated heterocycles. The van der Waals surface area contributed by atoms with Crippen molar-refractivity contribution in [2.75, 3.05) is 13.2 Å². The Morgan fingerprint density at radius 3 is 2.33 bits per heavy atom. The van der Waals surface area contributed by atoms with Crippen LogP contribution >= 0.6 is 0 Å². The Kier molecular flexibility index (Phi) is 8.85. The predicted molar refractivity (Wildman–Crippen MR) is 132 cm³/mol. The molecule has 0 bridgehead atoms.